The lowest BCUT2D eigenvalue weighted by molar-refractivity contribution is 0.421. The summed E-state index contributed by atoms with van der Waals surface area (Å²) < 4.78 is 5.11. The van der Waals surface area contributed by atoms with Crippen LogP contribution in [0.15, 0.2) is 18.5 Å². The molecular formula is C8H9N3O. The van der Waals surface area contributed by atoms with Gasteiger partial charge in [-0.2, -0.15) is 0 Å². The van der Waals surface area contributed by atoms with Crippen molar-refractivity contribution >= 4 is 16.7 Å². The first kappa shape index (κ1) is 6.97. The maximum atomic E-state index is 5.68. The quantitative estimate of drug-likeness (QED) is 0.620. The van der Waals surface area contributed by atoms with Crippen LogP contribution in [0.25, 0.3) is 11.0 Å². The maximum Gasteiger partial charge on any atom is 0.169 e. The number of ether oxygens (including phenoxy) is 1. The number of hydrogen-bond donors (Lipinski definition) is 2. The van der Waals surface area contributed by atoms with Gasteiger partial charge >= 0.3 is 0 Å². The van der Waals surface area contributed by atoms with Crippen molar-refractivity contribution in [2.45, 2.75) is 0 Å². The molecule has 0 unspecified atom stereocenters. The highest BCUT2D eigenvalue weighted by Crippen LogP contribution is 2.28. The summed E-state index contributed by atoms with van der Waals surface area (Å²) in [4.78, 5) is 7.06. The number of nitrogens with two attached hydrogens (primary N) is 1. The summed E-state index contributed by atoms with van der Waals surface area (Å²) >= 11 is 0. The molecule has 0 fully saturated rings. The first-order valence-corrected chi connectivity index (χ1v) is 3.58. The Kier molecular flexibility index (Phi) is 1.40. The van der Waals surface area contributed by atoms with E-state index < -0.39 is 0 Å². The number of aromatic nitrogens is 2. The van der Waals surface area contributed by atoms with Crippen molar-refractivity contribution in [3.05, 3.63) is 18.5 Å². The van der Waals surface area contributed by atoms with Gasteiger partial charge in [-0.1, -0.05) is 0 Å². The molecule has 0 saturated carbocycles. The van der Waals surface area contributed by atoms with Gasteiger partial charge < -0.3 is 15.5 Å². The Morgan fingerprint density at radius 1 is 1.50 bits per heavy atom. The Labute approximate surface area is 69.4 Å². The smallest absolute Gasteiger partial charge is 0.169 e. The highest BCUT2D eigenvalue weighted by molar-refractivity contribution is 5.87. The molecule has 0 radical (unpaired) electrons. The molecule has 2 aromatic rings. The number of nitrogens with one attached hydrogen (secondary N) is 1. The van der Waals surface area contributed by atoms with Crippen LogP contribution in [-0.4, -0.2) is 17.1 Å². The minimum Gasteiger partial charge on any atom is -0.492 e. The van der Waals surface area contributed by atoms with Crippen molar-refractivity contribution in [1.82, 2.24) is 9.97 Å². The van der Waals surface area contributed by atoms with E-state index in [0.717, 1.165) is 11.0 Å². The van der Waals surface area contributed by atoms with Crippen LogP contribution in [-0.2, 0) is 0 Å². The molecule has 1 aromatic heterocycles. The fourth-order valence-electron chi connectivity index (χ4n) is 1.21. The first-order valence-electron chi connectivity index (χ1n) is 3.58. The van der Waals surface area contributed by atoms with E-state index >= 15 is 0 Å². The number of benzene rings is 1. The standard InChI is InChI=1S/C8H9N3O/c1-12-8-5(9)2-3-6-7(8)11-4-10-6/h2-4H,9H2,1H3,(H,10,11). The molecule has 0 aliphatic carbocycles. The molecule has 0 aliphatic heterocycles. The number of nitrogen functional groups attached to an aromatic ring is 1. The molecule has 12 heavy (non-hydrogen) atoms. The van der Waals surface area contributed by atoms with Gasteiger partial charge in [0.2, 0.25) is 0 Å². The number of imidazole rings is 1. The van der Waals surface area contributed by atoms with E-state index in [1.165, 1.54) is 0 Å². The van der Waals surface area contributed by atoms with Gasteiger partial charge in [-0.05, 0) is 12.1 Å². The summed E-state index contributed by atoms with van der Waals surface area (Å²) in [5.41, 5.74) is 7.99. The molecule has 1 heterocycles. The number of anilines is 1. The van der Waals surface area contributed by atoms with Gasteiger partial charge in [0.15, 0.2) is 5.75 Å². The van der Waals surface area contributed by atoms with Gasteiger partial charge in [0.1, 0.15) is 5.52 Å². The highest BCUT2D eigenvalue weighted by Gasteiger charge is 2.06. The lowest BCUT2D eigenvalue weighted by atomic mass is 10.2. The molecule has 0 saturated heterocycles. The number of rotatable bonds is 1. The molecule has 1 aromatic carbocycles. The fraction of sp³-hybridized carbons (Fsp3) is 0.125. The molecular weight excluding hydrogens is 154 g/mol. The zero-order valence-electron chi connectivity index (χ0n) is 6.66. The Hall–Kier alpha value is -1.71. The molecule has 62 valence electrons. The average molecular weight is 163 g/mol. The predicted octanol–water partition coefficient (Wildman–Crippen LogP) is 1.15. The second-order valence-corrected chi connectivity index (χ2v) is 2.49. The summed E-state index contributed by atoms with van der Waals surface area (Å²) in [6.45, 7) is 0. The highest BCUT2D eigenvalue weighted by atomic mass is 16.5. The van der Waals surface area contributed by atoms with E-state index in [2.05, 4.69) is 9.97 Å². The average Bonchev–Trinajstić information content (AvgIpc) is 2.52. The van der Waals surface area contributed by atoms with Crippen LogP contribution in [0.4, 0.5) is 5.69 Å². The monoisotopic (exact) mass is 163 g/mol. The van der Waals surface area contributed by atoms with E-state index in [1.54, 1.807) is 19.5 Å². The minimum atomic E-state index is 0.608. The van der Waals surface area contributed by atoms with Gasteiger partial charge in [0.25, 0.3) is 0 Å². The van der Waals surface area contributed by atoms with Crippen LogP contribution in [0, 0.1) is 0 Å². The maximum absolute atomic E-state index is 5.68. The molecule has 2 rings (SSSR count). The molecule has 3 N–H and O–H groups in total. The Morgan fingerprint density at radius 3 is 3.08 bits per heavy atom. The van der Waals surface area contributed by atoms with Crippen LogP contribution in [0.2, 0.25) is 0 Å². The number of aromatic amines is 1. The topological polar surface area (TPSA) is 63.9 Å². The van der Waals surface area contributed by atoms with Gasteiger partial charge in [-0.15, -0.1) is 0 Å². The largest absolute Gasteiger partial charge is 0.492 e. The van der Waals surface area contributed by atoms with E-state index in [-0.39, 0.29) is 0 Å². The van der Waals surface area contributed by atoms with Crippen LogP contribution in [0.5, 0.6) is 5.75 Å². The summed E-state index contributed by atoms with van der Waals surface area (Å²) in [6.07, 6.45) is 1.62. The third-order valence-corrected chi connectivity index (χ3v) is 1.78. The van der Waals surface area contributed by atoms with Crippen LogP contribution >= 0.6 is 0 Å². The Morgan fingerprint density at radius 2 is 2.33 bits per heavy atom. The number of H-pyrrole nitrogens is 1. The van der Waals surface area contributed by atoms with E-state index in [0.29, 0.717) is 11.4 Å². The van der Waals surface area contributed by atoms with Crippen molar-refractivity contribution in [1.29, 1.82) is 0 Å². The molecule has 0 aliphatic rings. The fourth-order valence-corrected chi connectivity index (χ4v) is 1.21. The number of nitrogens with zero attached hydrogens (tertiary/aromatic N) is 1. The normalized spacial score (nSPS) is 10.4. The first-order chi connectivity index (χ1) is 5.83. The third kappa shape index (κ3) is 0.812. The van der Waals surface area contributed by atoms with Gasteiger partial charge in [-0.3, -0.25) is 0 Å². The van der Waals surface area contributed by atoms with Crippen molar-refractivity contribution in [2.24, 2.45) is 0 Å². The van der Waals surface area contributed by atoms with Gasteiger partial charge in [-0.25, -0.2) is 4.98 Å². The van der Waals surface area contributed by atoms with Crippen molar-refractivity contribution in [3.63, 3.8) is 0 Å². The number of fused-ring (bicyclic) bond motifs is 1. The molecule has 0 amide bonds. The van der Waals surface area contributed by atoms with Crippen LogP contribution < -0.4 is 10.5 Å². The van der Waals surface area contributed by atoms with Crippen LogP contribution in [0.3, 0.4) is 0 Å². The lowest BCUT2D eigenvalue weighted by Crippen LogP contribution is -1.92. The molecule has 0 spiro atoms. The predicted molar refractivity (Wildman–Crippen MR) is 47.1 cm³/mol. The Bertz CT molecular complexity index is 408. The molecule has 0 atom stereocenters. The van der Waals surface area contributed by atoms with Crippen molar-refractivity contribution < 1.29 is 4.74 Å². The summed E-state index contributed by atoms with van der Waals surface area (Å²) in [6, 6.07) is 3.67. The zero-order valence-corrected chi connectivity index (χ0v) is 6.66. The minimum absolute atomic E-state index is 0.608. The lowest BCUT2D eigenvalue weighted by Gasteiger charge is -2.03. The zero-order chi connectivity index (χ0) is 8.55. The number of hydrogen-bond acceptors (Lipinski definition) is 3. The Balaban J connectivity index is 2.83. The number of methoxy groups -OCH3 is 1. The summed E-state index contributed by atoms with van der Waals surface area (Å²) in [5, 5.41) is 0. The third-order valence-electron chi connectivity index (χ3n) is 1.78. The van der Waals surface area contributed by atoms with E-state index in [1.807, 2.05) is 6.07 Å². The second-order valence-electron chi connectivity index (χ2n) is 2.49. The van der Waals surface area contributed by atoms with Crippen molar-refractivity contribution in [2.75, 3.05) is 12.8 Å². The van der Waals surface area contributed by atoms with Gasteiger partial charge in [0, 0.05) is 0 Å². The SMILES string of the molecule is COc1c(N)ccc2[nH]cnc12. The van der Waals surface area contributed by atoms with Crippen LogP contribution in [0.1, 0.15) is 0 Å². The van der Waals surface area contributed by atoms with E-state index in [9.17, 15) is 0 Å². The molecule has 0 bridgehead atoms. The van der Waals surface area contributed by atoms with Crippen molar-refractivity contribution in [3.8, 4) is 5.75 Å². The molecule has 4 nitrogen and oxygen atoms in total. The van der Waals surface area contributed by atoms with Gasteiger partial charge in [0.05, 0.1) is 24.6 Å². The molecule has 4 heteroatoms. The van der Waals surface area contributed by atoms with E-state index in [4.69, 9.17) is 10.5 Å². The summed E-state index contributed by atoms with van der Waals surface area (Å²) in [5.74, 6) is 0.633. The summed E-state index contributed by atoms with van der Waals surface area (Å²) in [7, 11) is 1.58. The second kappa shape index (κ2) is 2.41.